The molecule has 4 aromatic rings. The van der Waals surface area contributed by atoms with Gasteiger partial charge >= 0.3 is 6.03 Å². The van der Waals surface area contributed by atoms with E-state index in [9.17, 15) is 4.79 Å². The van der Waals surface area contributed by atoms with E-state index < -0.39 is 0 Å². The predicted octanol–water partition coefficient (Wildman–Crippen LogP) is 5.13. The van der Waals surface area contributed by atoms with Crippen molar-refractivity contribution in [1.82, 2.24) is 15.3 Å². The molecule has 0 saturated carbocycles. The summed E-state index contributed by atoms with van der Waals surface area (Å²) in [6.45, 7) is 4.51. The third-order valence-corrected chi connectivity index (χ3v) is 5.40. The molecule has 0 aliphatic carbocycles. The first-order valence-electron chi connectivity index (χ1n) is 9.70. The van der Waals surface area contributed by atoms with Crippen LogP contribution in [-0.4, -0.2) is 22.5 Å². The molecule has 2 heterocycles. The Morgan fingerprint density at radius 2 is 1.93 bits per heavy atom. The number of nitrogens with zero attached hydrogens (tertiary/aromatic N) is 1. The van der Waals surface area contributed by atoms with Crippen LogP contribution in [0.3, 0.4) is 0 Å². The normalized spacial score (nSPS) is 11.9. The number of urea groups is 1. The molecule has 0 spiro atoms. The fourth-order valence-electron chi connectivity index (χ4n) is 3.62. The molecule has 0 unspecified atom stereocenters. The fourth-order valence-corrected chi connectivity index (χ4v) is 3.62. The maximum atomic E-state index is 12.6. The smallest absolute Gasteiger partial charge is 0.319 e. The molecule has 0 radical (unpaired) electrons. The molecule has 3 N–H and O–H groups in total. The van der Waals surface area contributed by atoms with Crippen LogP contribution in [0.1, 0.15) is 28.2 Å². The van der Waals surface area contributed by atoms with Crippen LogP contribution >= 0.6 is 0 Å². The molecular formula is C24H24N4O. The molecule has 0 bridgehead atoms. The maximum Gasteiger partial charge on any atom is 0.319 e. The number of benzene rings is 2. The highest BCUT2D eigenvalue weighted by molar-refractivity contribution is 5.90. The zero-order chi connectivity index (χ0) is 20.2. The second-order valence-electron chi connectivity index (χ2n) is 7.21. The van der Waals surface area contributed by atoms with Gasteiger partial charge in [0.15, 0.2) is 0 Å². The van der Waals surface area contributed by atoms with Crippen molar-refractivity contribution in [3.63, 3.8) is 0 Å². The summed E-state index contributed by atoms with van der Waals surface area (Å²) in [7, 11) is 0. The summed E-state index contributed by atoms with van der Waals surface area (Å²) in [6, 6.07) is 17.8. The minimum absolute atomic E-state index is 0.00999. The number of aromatic nitrogens is 2. The summed E-state index contributed by atoms with van der Waals surface area (Å²) in [5.74, 6) is -0.00999. The van der Waals surface area contributed by atoms with Crippen molar-refractivity contribution in [3.05, 3.63) is 95.4 Å². The van der Waals surface area contributed by atoms with Crippen molar-refractivity contribution in [2.24, 2.45) is 0 Å². The number of anilines is 1. The van der Waals surface area contributed by atoms with Crippen molar-refractivity contribution < 1.29 is 4.79 Å². The number of aryl methyl sites for hydroxylation is 1. The van der Waals surface area contributed by atoms with Gasteiger partial charge in [0.2, 0.25) is 0 Å². The Bertz CT molecular complexity index is 1130. The largest absolute Gasteiger partial charge is 0.361 e. The molecule has 0 aliphatic heterocycles. The molecule has 1 atom stereocenters. The average Bonchev–Trinajstić information content (AvgIpc) is 3.16. The Balaban J connectivity index is 1.56. The van der Waals surface area contributed by atoms with Crippen molar-refractivity contribution >= 4 is 22.6 Å². The highest BCUT2D eigenvalue weighted by Gasteiger charge is 2.19. The van der Waals surface area contributed by atoms with Gasteiger partial charge in [-0.05, 0) is 54.3 Å². The first-order valence-corrected chi connectivity index (χ1v) is 9.70. The lowest BCUT2D eigenvalue weighted by molar-refractivity contribution is 0.252. The third-order valence-electron chi connectivity index (χ3n) is 5.40. The Kier molecular flexibility index (Phi) is 5.29. The van der Waals surface area contributed by atoms with Crippen molar-refractivity contribution in [1.29, 1.82) is 0 Å². The summed E-state index contributed by atoms with van der Waals surface area (Å²) >= 11 is 0. The van der Waals surface area contributed by atoms with E-state index in [4.69, 9.17) is 0 Å². The molecule has 0 fully saturated rings. The molecule has 2 aromatic heterocycles. The van der Waals surface area contributed by atoms with Crippen molar-refractivity contribution in [3.8, 4) is 0 Å². The minimum Gasteiger partial charge on any atom is -0.361 e. The predicted molar refractivity (Wildman–Crippen MR) is 117 cm³/mol. The Labute approximate surface area is 170 Å². The molecule has 5 heteroatoms. The van der Waals surface area contributed by atoms with E-state index in [2.05, 4.69) is 32.7 Å². The number of para-hydroxylation sites is 1. The van der Waals surface area contributed by atoms with Gasteiger partial charge in [-0.1, -0.05) is 36.4 Å². The number of rotatable bonds is 5. The number of H-pyrrole nitrogens is 1. The van der Waals surface area contributed by atoms with Gasteiger partial charge in [-0.25, -0.2) is 4.79 Å². The maximum absolute atomic E-state index is 12.6. The zero-order valence-electron chi connectivity index (χ0n) is 16.6. The number of carbonyl (C=O) groups excluding carboxylic acids is 1. The monoisotopic (exact) mass is 384 g/mol. The lowest BCUT2D eigenvalue weighted by atomic mass is 9.92. The topological polar surface area (TPSA) is 69.8 Å². The standard InChI is InChI=1S/C24H24N4O/c1-16-7-5-11-22(17(16)2)28-24(29)27-14-20(18-8-6-12-25-13-18)21-15-26-23-10-4-3-9-19(21)23/h3-13,15,20,26H,14H2,1-2H3,(H2,27,28,29)/t20-/m0/s1. The van der Waals surface area contributed by atoms with Gasteiger partial charge in [0.1, 0.15) is 0 Å². The second kappa shape index (κ2) is 8.19. The van der Waals surface area contributed by atoms with Gasteiger partial charge in [0.05, 0.1) is 0 Å². The molecule has 146 valence electrons. The summed E-state index contributed by atoms with van der Waals surface area (Å²) in [4.78, 5) is 20.2. The lowest BCUT2D eigenvalue weighted by Crippen LogP contribution is -2.33. The van der Waals surface area contributed by atoms with Crippen LogP contribution in [0.4, 0.5) is 10.5 Å². The van der Waals surface area contributed by atoms with E-state index in [0.29, 0.717) is 6.54 Å². The van der Waals surface area contributed by atoms with Gasteiger partial charge in [0.25, 0.3) is 0 Å². The Morgan fingerprint density at radius 3 is 2.76 bits per heavy atom. The fraction of sp³-hybridized carbons (Fsp3) is 0.167. The first kappa shape index (κ1) is 18.7. The number of hydrogen-bond acceptors (Lipinski definition) is 2. The number of aromatic amines is 1. The molecule has 0 saturated heterocycles. The second-order valence-corrected chi connectivity index (χ2v) is 7.21. The SMILES string of the molecule is Cc1cccc(NC(=O)NC[C@@H](c2cccnc2)c2c[nH]c3ccccc23)c1C. The molecule has 2 amide bonds. The van der Waals surface area contributed by atoms with Gasteiger partial charge in [-0.15, -0.1) is 0 Å². The Hall–Kier alpha value is -3.60. The van der Waals surface area contributed by atoms with Crippen LogP contribution in [0.25, 0.3) is 10.9 Å². The quantitative estimate of drug-likeness (QED) is 0.446. The van der Waals surface area contributed by atoms with Gasteiger partial charge < -0.3 is 15.6 Å². The van der Waals surface area contributed by atoms with Crippen LogP contribution in [-0.2, 0) is 0 Å². The van der Waals surface area contributed by atoms with Gasteiger partial charge in [0, 0.05) is 47.6 Å². The van der Waals surface area contributed by atoms with Crippen LogP contribution in [0.2, 0.25) is 0 Å². The molecule has 0 aliphatic rings. The summed E-state index contributed by atoms with van der Waals surface area (Å²) in [6.07, 6.45) is 5.64. The molecule has 5 nitrogen and oxygen atoms in total. The zero-order valence-corrected chi connectivity index (χ0v) is 16.6. The van der Waals surface area contributed by atoms with E-state index >= 15 is 0 Å². The molecule has 2 aromatic carbocycles. The first-order chi connectivity index (χ1) is 14.1. The Morgan fingerprint density at radius 1 is 1.07 bits per heavy atom. The number of hydrogen-bond donors (Lipinski definition) is 3. The highest BCUT2D eigenvalue weighted by Crippen LogP contribution is 2.30. The highest BCUT2D eigenvalue weighted by atomic mass is 16.2. The molecular weight excluding hydrogens is 360 g/mol. The van der Waals surface area contributed by atoms with E-state index in [-0.39, 0.29) is 11.9 Å². The van der Waals surface area contributed by atoms with E-state index in [1.807, 2.05) is 68.7 Å². The van der Waals surface area contributed by atoms with E-state index in [1.54, 1.807) is 6.20 Å². The van der Waals surface area contributed by atoms with E-state index in [0.717, 1.165) is 38.8 Å². The van der Waals surface area contributed by atoms with Crippen molar-refractivity contribution in [2.75, 3.05) is 11.9 Å². The molecule has 4 rings (SSSR count). The number of nitrogens with one attached hydrogen (secondary N) is 3. The van der Waals surface area contributed by atoms with Gasteiger partial charge in [-0.2, -0.15) is 0 Å². The minimum atomic E-state index is -0.215. The van der Waals surface area contributed by atoms with Crippen LogP contribution in [0, 0.1) is 13.8 Å². The summed E-state index contributed by atoms with van der Waals surface area (Å²) < 4.78 is 0. The molecule has 29 heavy (non-hydrogen) atoms. The average molecular weight is 384 g/mol. The number of fused-ring (bicyclic) bond motifs is 1. The van der Waals surface area contributed by atoms with Crippen LogP contribution in [0.15, 0.2) is 73.2 Å². The third kappa shape index (κ3) is 3.99. The van der Waals surface area contributed by atoms with Crippen molar-refractivity contribution in [2.45, 2.75) is 19.8 Å². The van der Waals surface area contributed by atoms with Crippen LogP contribution < -0.4 is 10.6 Å². The number of carbonyl (C=O) groups is 1. The summed E-state index contributed by atoms with van der Waals surface area (Å²) in [5.41, 5.74) is 6.33. The lowest BCUT2D eigenvalue weighted by Gasteiger charge is -2.18. The number of amides is 2. The van der Waals surface area contributed by atoms with Crippen LogP contribution in [0.5, 0.6) is 0 Å². The van der Waals surface area contributed by atoms with Gasteiger partial charge in [-0.3, -0.25) is 4.98 Å². The van der Waals surface area contributed by atoms with E-state index in [1.165, 1.54) is 0 Å². The summed E-state index contributed by atoms with van der Waals surface area (Å²) in [5, 5.41) is 7.16. The number of pyridine rings is 1.